The molecule has 2 aromatic rings. The molecule has 0 bridgehead atoms. The number of halogens is 2. The van der Waals surface area contributed by atoms with Gasteiger partial charge in [0.15, 0.2) is 0 Å². The summed E-state index contributed by atoms with van der Waals surface area (Å²) in [6.45, 7) is 0. The van der Waals surface area contributed by atoms with Crippen molar-refractivity contribution in [3.8, 4) is 11.1 Å². The molecular weight excluding hydrogens is 327 g/mol. The van der Waals surface area contributed by atoms with Crippen LogP contribution in [0.15, 0.2) is 58.3 Å². The Morgan fingerprint density at radius 3 is 1.29 bits per heavy atom. The van der Waals surface area contributed by atoms with Gasteiger partial charge in [-0.15, -0.1) is 0 Å². The summed E-state index contributed by atoms with van der Waals surface area (Å²) in [4.78, 5) is 1.70. The Morgan fingerprint density at radius 2 is 1.00 bits per heavy atom. The molecule has 0 spiro atoms. The van der Waals surface area contributed by atoms with Crippen LogP contribution in [0, 0.1) is 0 Å². The number of hydrogen-bond donors (Lipinski definition) is 0. The maximum Gasteiger partial charge on any atom is -0.0391 e. The summed E-state index contributed by atoms with van der Waals surface area (Å²) in [6.07, 6.45) is 0. The van der Waals surface area contributed by atoms with Crippen LogP contribution in [-0.4, -0.2) is 0 Å². The molecule has 0 N–H and O–H groups in total. The second-order valence-corrected chi connectivity index (χ2v) is 6.52. The van der Waals surface area contributed by atoms with Crippen molar-refractivity contribution in [2.45, 2.75) is 9.79 Å². The van der Waals surface area contributed by atoms with Crippen LogP contribution >= 0.6 is 18.6 Å². The minimum Gasteiger partial charge on any atom is -0.779 e. The first kappa shape index (κ1) is 15.2. The van der Waals surface area contributed by atoms with Gasteiger partial charge in [-0.3, -0.25) is 0 Å². The third-order valence-electron chi connectivity index (χ3n) is 2.06. The first-order valence-electron chi connectivity index (χ1n) is 4.69. The Kier molecular flexibility index (Phi) is 7.44. The topological polar surface area (TPSA) is 0 Å². The molecule has 0 aliphatic carbocycles. The quantitative estimate of drug-likeness (QED) is 0.554. The summed E-state index contributed by atoms with van der Waals surface area (Å²) in [5, 5.41) is 0. The molecule has 2 rings (SSSR count). The minimum absolute atomic E-state index is 0.556. The first-order valence-corrected chi connectivity index (χ1v) is 9.80. The fourth-order valence-electron chi connectivity index (χ4n) is 1.38. The molecule has 0 heterocycles. The number of rotatable bonds is 1. The molecule has 0 aliphatic rings. The summed E-state index contributed by atoms with van der Waals surface area (Å²) in [5.41, 5.74) is 2.10. The van der Waals surface area contributed by atoms with Gasteiger partial charge < -0.3 is 25.3 Å². The van der Waals surface area contributed by atoms with Gasteiger partial charge in [0.2, 0.25) is 0 Å². The van der Waals surface area contributed by atoms with Crippen LogP contribution in [0.2, 0.25) is 0 Å². The van der Waals surface area contributed by atoms with Gasteiger partial charge >= 0.3 is 35.6 Å². The maximum absolute atomic E-state index is 5.25. The van der Waals surface area contributed by atoms with Gasteiger partial charge in [-0.2, -0.15) is 9.79 Å². The predicted octanol–water partition coefficient (Wildman–Crippen LogP) is 4.54. The smallest absolute Gasteiger partial charge is 0.0391 e. The van der Waals surface area contributed by atoms with Crippen molar-refractivity contribution >= 4 is 43.9 Å². The third-order valence-corrected chi connectivity index (χ3v) is 2.78. The first-order chi connectivity index (χ1) is 8.20. The van der Waals surface area contributed by atoms with E-state index in [9.17, 15) is 0 Å². The molecular formula is C12H8Cl2S2Ti-2. The Hall–Kier alpha value is 0.174. The molecule has 0 amide bonds. The van der Waals surface area contributed by atoms with Crippen LogP contribution < -0.4 is 0 Å². The predicted molar refractivity (Wildman–Crippen MR) is 74.8 cm³/mol. The van der Waals surface area contributed by atoms with E-state index in [0.717, 1.165) is 20.9 Å². The van der Waals surface area contributed by atoms with Crippen molar-refractivity contribution < 1.29 is 17.0 Å². The van der Waals surface area contributed by atoms with Crippen LogP contribution in [0.5, 0.6) is 0 Å². The third kappa shape index (κ3) is 4.74. The van der Waals surface area contributed by atoms with E-state index in [4.69, 9.17) is 43.9 Å². The van der Waals surface area contributed by atoms with Gasteiger partial charge in [-0.05, 0) is 11.1 Å². The average Bonchev–Trinajstić information content (AvgIpc) is 2.32. The second-order valence-electron chi connectivity index (χ2n) is 3.06. The molecule has 0 radical (unpaired) electrons. The zero-order valence-corrected chi connectivity index (χ0v) is 13.4. The van der Waals surface area contributed by atoms with Crippen molar-refractivity contribution in [1.29, 1.82) is 0 Å². The normalized spacial score (nSPS) is 9.06. The molecule has 2 aromatic carbocycles. The number of hydrogen-bond acceptors (Lipinski definition) is 2. The van der Waals surface area contributed by atoms with E-state index in [1.54, 1.807) is 0 Å². The molecule has 17 heavy (non-hydrogen) atoms. The largest absolute Gasteiger partial charge is 0.779 e. The van der Waals surface area contributed by atoms with E-state index in [1.165, 1.54) is 0 Å². The molecule has 0 saturated heterocycles. The van der Waals surface area contributed by atoms with Gasteiger partial charge in [0, 0.05) is 0 Å². The monoisotopic (exact) mass is 334 g/mol. The zero-order valence-electron chi connectivity index (χ0n) is 8.69. The van der Waals surface area contributed by atoms with E-state index >= 15 is 0 Å². The van der Waals surface area contributed by atoms with E-state index in [0.29, 0.717) is 0 Å². The van der Waals surface area contributed by atoms with Crippen LogP contribution in [0.4, 0.5) is 0 Å². The van der Waals surface area contributed by atoms with Gasteiger partial charge in [0.05, 0.1) is 0 Å². The summed E-state index contributed by atoms with van der Waals surface area (Å²) in [5.74, 6) is 0. The van der Waals surface area contributed by atoms with E-state index in [-0.39, 0.29) is 0 Å². The van der Waals surface area contributed by atoms with Crippen LogP contribution in [0.25, 0.3) is 11.1 Å². The minimum atomic E-state index is -0.556. The molecule has 0 aliphatic heterocycles. The Morgan fingerprint density at radius 1 is 0.706 bits per heavy atom. The van der Waals surface area contributed by atoms with E-state index < -0.39 is 17.0 Å². The van der Waals surface area contributed by atoms with Crippen molar-refractivity contribution in [3.05, 3.63) is 48.5 Å². The Labute approximate surface area is 129 Å². The van der Waals surface area contributed by atoms with Crippen molar-refractivity contribution in [2.24, 2.45) is 0 Å². The molecule has 0 saturated carbocycles. The number of benzene rings is 2. The SMILES string of the molecule is [Cl][Ti][Cl].[S-]c1ccccc1-c1ccccc1[S-]. The zero-order chi connectivity index (χ0) is 12.7. The van der Waals surface area contributed by atoms with Gasteiger partial charge in [0.25, 0.3) is 0 Å². The second kappa shape index (κ2) is 8.31. The fraction of sp³-hybridized carbons (Fsp3) is 0. The van der Waals surface area contributed by atoms with Crippen LogP contribution in [0.1, 0.15) is 0 Å². The van der Waals surface area contributed by atoms with Crippen LogP contribution in [-0.2, 0) is 42.3 Å². The molecule has 0 atom stereocenters. The van der Waals surface area contributed by atoms with Crippen molar-refractivity contribution in [2.75, 3.05) is 0 Å². The van der Waals surface area contributed by atoms with E-state index in [2.05, 4.69) is 0 Å². The molecule has 88 valence electrons. The average molecular weight is 335 g/mol. The van der Waals surface area contributed by atoms with Crippen molar-refractivity contribution in [1.82, 2.24) is 0 Å². The van der Waals surface area contributed by atoms with Gasteiger partial charge in [0.1, 0.15) is 0 Å². The van der Waals surface area contributed by atoms with E-state index in [1.807, 2.05) is 48.5 Å². The van der Waals surface area contributed by atoms with Gasteiger partial charge in [-0.1, -0.05) is 48.5 Å². The standard InChI is InChI=1S/C12H10S2.2ClH.Ti/c13-11-7-3-1-5-9(11)10-6-2-4-8-12(10)14;;;/h1-8,13-14H;2*1H;/q;;;+2/p-4. The molecule has 0 nitrogen and oxygen atoms in total. The maximum atomic E-state index is 5.25. The summed E-state index contributed by atoms with van der Waals surface area (Å²) in [6, 6.07) is 15.7. The Balaban J connectivity index is 0.000000437. The summed E-state index contributed by atoms with van der Waals surface area (Å²) in [7, 11) is 9.78. The van der Waals surface area contributed by atoms with Gasteiger partial charge in [-0.25, -0.2) is 0 Å². The Bertz CT molecular complexity index is 434. The fourth-order valence-corrected chi connectivity index (χ4v) is 1.89. The molecule has 5 heteroatoms. The molecule has 0 fully saturated rings. The molecule has 0 unspecified atom stereocenters. The summed E-state index contributed by atoms with van der Waals surface area (Å²) < 4.78 is 0. The molecule has 0 aromatic heterocycles. The van der Waals surface area contributed by atoms with Crippen molar-refractivity contribution in [3.63, 3.8) is 0 Å². The van der Waals surface area contributed by atoms with Crippen LogP contribution in [0.3, 0.4) is 0 Å². The summed E-state index contributed by atoms with van der Waals surface area (Å²) >= 11 is 9.94.